The Bertz CT molecular complexity index is 889. The summed E-state index contributed by atoms with van der Waals surface area (Å²) in [5, 5.41) is 27.8. The number of fused-ring (bicyclic) bond motifs is 1. The maximum atomic E-state index is 12.0. The van der Waals surface area contributed by atoms with E-state index in [0.717, 1.165) is 12.1 Å². The number of thioether (sulfide) groups is 1. The summed E-state index contributed by atoms with van der Waals surface area (Å²) in [5.74, 6) is -3.52. The Morgan fingerprint density at radius 1 is 1.34 bits per heavy atom. The predicted octanol–water partition coefficient (Wildman–Crippen LogP) is 0.639. The van der Waals surface area contributed by atoms with Crippen LogP contribution in [0.2, 0.25) is 5.02 Å². The number of rotatable bonds is 4. The van der Waals surface area contributed by atoms with E-state index in [0.29, 0.717) is 0 Å². The molecule has 1 aromatic rings. The molecule has 3 atom stereocenters. The van der Waals surface area contributed by atoms with Crippen LogP contribution in [0, 0.1) is 0 Å². The second-order valence-corrected chi connectivity index (χ2v) is 8.73. The maximum Gasteiger partial charge on any atom is 0.426 e. The van der Waals surface area contributed by atoms with Gasteiger partial charge in [0.25, 0.3) is 5.91 Å². The number of phenolic OH excluding ortho intramolecular Hbond substituents is 2. The van der Waals surface area contributed by atoms with E-state index < -0.39 is 40.3 Å². The molecule has 0 bridgehead atoms. The summed E-state index contributed by atoms with van der Waals surface area (Å²) in [5.41, 5.74) is 3.87. The molecule has 3 amide bonds. The van der Waals surface area contributed by atoms with Gasteiger partial charge >= 0.3 is 12.1 Å². The Morgan fingerprint density at radius 2 is 2.03 bits per heavy atom. The van der Waals surface area contributed by atoms with Gasteiger partial charge in [-0.15, -0.1) is 11.8 Å². The number of carboxylic acids is 1. The summed E-state index contributed by atoms with van der Waals surface area (Å²) in [6.07, 6.45) is -0.826. The monoisotopic (exact) mass is 445 g/mol. The number of phenols is 2. The summed E-state index contributed by atoms with van der Waals surface area (Å²) < 4.78 is 3.96. The van der Waals surface area contributed by atoms with Crippen molar-refractivity contribution in [3.63, 3.8) is 0 Å². The van der Waals surface area contributed by atoms with Gasteiger partial charge in [0.05, 0.1) is 21.6 Å². The molecule has 0 aliphatic carbocycles. The van der Waals surface area contributed by atoms with Crippen LogP contribution in [0.1, 0.15) is 23.7 Å². The normalized spacial score (nSPS) is 25.0. The number of aliphatic carboxylic acids is 1. The second kappa shape index (κ2) is 7.52. The van der Waals surface area contributed by atoms with E-state index in [2.05, 4.69) is 0 Å². The number of carboxylic acid groups (broad SMARTS) is 1. The fourth-order valence-corrected chi connectivity index (χ4v) is 5.00. The van der Waals surface area contributed by atoms with E-state index in [1.807, 2.05) is 10.9 Å². The number of nitrogens with one attached hydrogen (secondary N) is 2. The van der Waals surface area contributed by atoms with E-state index >= 15 is 0 Å². The lowest BCUT2D eigenvalue weighted by Gasteiger charge is -2.36. The van der Waals surface area contributed by atoms with Crippen LogP contribution >= 0.6 is 23.4 Å². The van der Waals surface area contributed by atoms with Crippen LogP contribution in [0.4, 0.5) is 4.79 Å². The minimum Gasteiger partial charge on any atom is -0.504 e. The highest BCUT2D eigenvalue weighted by molar-refractivity contribution is 8.01. The number of β-lactam (4-membered cyclic amide) rings is 1. The number of hydrazine groups is 1. The molecule has 2 saturated heterocycles. The fourth-order valence-electron chi connectivity index (χ4n) is 3.11. The van der Waals surface area contributed by atoms with Crippen LogP contribution in [-0.2, 0) is 14.3 Å². The van der Waals surface area contributed by atoms with Gasteiger partial charge in [-0.2, -0.15) is 0 Å². The molecule has 29 heavy (non-hydrogen) atoms. The van der Waals surface area contributed by atoms with Crippen LogP contribution in [0.3, 0.4) is 0 Å². The minimum atomic E-state index is -1.20. The number of aromatic hydroxyl groups is 2. The molecule has 0 radical (unpaired) electrons. The van der Waals surface area contributed by atoms with Gasteiger partial charge in [-0.1, -0.05) is 11.6 Å². The highest BCUT2D eigenvalue weighted by atomic mass is 35.5. The van der Waals surface area contributed by atoms with Crippen molar-refractivity contribution in [2.75, 3.05) is 6.61 Å². The first kappa shape index (κ1) is 20.9. The summed E-state index contributed by atoms with van der Waals surface area (Å²) in [6.45, 7) is 1.26. The molecule has 2 heterocycles. The van der Waals surface area contributed by atoms with Gasteiger partial charge in [-0.25, -0.2) is 15.0 Å². The Kier molecular flexibility index (Phi) is 5.41. The molecule has 13 heteroatoms. The molecular weight excluding hydrogens is 430 g/mol. The molecule has 3 rings (SSSR count). The van der Waals surface area contributed by atoms with Crippen molar-refractivity contribution in [1.82, 2.24) is 15.8 Å². The Hall–Kier alpha value is -2.86. The van der Waals surface area contributed by atoms with Crippen LogP contribution in [-0.4, -0.2) is 66.9 Å². The third-order valence-electron chi connectivity index (χ3n) is 4.52. The number of carbonyl (C=O) groups excluding carboxylic acids is 3. The first-order valence-electron chi connectivity index (χ1n) is 8.20. The zero-order valence-electron chi connectivity index (χ0n) is 14.8. The average molecular weight is 446 g/mol. The van der Waals surface area contributed by atoms with Crippen molar-refractivity contribution in [1.29, 1.82) is 0 Å². The summed E-state index contributed by atoms with van der Waals surface area (Å²) in [4.78, 5) is 48.4. The Labute approximate surface area is 172 Å². The van der Waals surface area contributed by atoms with E-state index in [1.165, 1.54) is 16.7 Å². The van der Waals surface area contributed by atoms with Crippen molar-refractivity contribution < 1.29 is 39.2 Å². The van der Waals surface area contributed by atoms with Crippen molar-refractivity contribution in [3.05, 3.63) is 22.7 Å². The Balaban J connectivity index is 1.55. The zero-order valence-corrected chi connectivity index (χ0v) is 16.4. The van der Waals surface area contributed by atoms with Gasteiger partial charge in [-0.05, 0) is 19.1 Å². The lowest BCUT2D eigenvalue weighted by atomic mass is 9.97. The lowest BCUT2D eigenvalue weighted by molar-refractivity contribution is -0.157. The summed E-state index contributed by atoms with van der Waals surface area (Å²) in [7, 11) is 0. The average Bonchev–Trinajstić information content (AvgIpc) is 2.89. The molecule has 2 aliphatic rings. The SMILES string of the molecule is C[C@@]1(COC(=O)NNC(=O)c2cc(O)c(O)c(Cl)c2)S[C@@H]2CC(=O)N2[C@H]1C(=O)O. The van der Waals surface area contributed by atoms with Crippen LogP contribution in [0.5, 0.6) is 11.5 Å². The number of hydrogen-bond donors (Lipinski definition) is 5. The third kappa shape index (κ3) is 3.85. The van der Waals surface area contributed by atoms with Crippen LogP contribution in [0.25, 0.3) is 0 Å². The second-order valence-electron chi connectivity index (χ2n) is 6.61. The van der Waals surface area contributed by atoms with Gasteiger partial charge in [0, 0.05) is 5.56 Å². The largest absolute Gasteiger partial charge is 0.504 e. The van der Waals surface area contributed by atoms with Gasteiger partial charge < -0.3 is 25.0 Å². The maximum absolute atomic E-state index is 12.0. The standard InChI is InChI=1S/C16H16ClN3O8S/c1-16(12(14(25)26)20-9(22)4-10(20)29-16)5-28-15(27)19-18-13(24)6-2-7(17)11(23)8(21)3-6/h2-3,10,12,21,23H,4-5H2,1H3,(H,18,24)(H,19,27)(H,25,26)/t10-,12+,16+/m1/s1. The molecule has 11 nitrogen and oxygen atoms in total. The summed E-state index contributed by atoms with van der Waals surface area (Å²) >= 11 is 6.90. The smallest absolute Gasteiger partial charge is 0.426 e. The molecule has 0 saturated carbocycles. The van der Waals surface area contributed by atoms with Gasteiger partial charge in [0.15, 0.2) is 11.5 Å². The highest BCUT2D eigenvalue weighted by Gasteiger charge is 2.61. The highest BCUT2D eigenvalue weighted by Crippen LogP contribution is 2.51. The van der Waals surface area contributed by atoms with Gasteiger partial charge in [0.1, 0.15) is 12.6 Å². The molecule has 0 aromatic heterocycles. The molecule has 156 valence electrons. The number of benzene rings is 1. The van der Waals surface area contributed by atoms with E-state index in [-0.39, 0.29) is 34.9 Å². The van der Waals surface area contributed by atoms with Crippen molar-refractivity contribution >= 4 is 47.2 Å². The first-order valence-corrected chi connectivity index (χ1v) is 9.45. The number of carbonyl (C=O) groups is 4. The molecule has 2 fully saturated rings. The number of hydrogen-bond acceptors (Lipinski definition) is 8. The number of amides is 3. The van der Waals surface area contributed by atoms with Gasteiger partial charge in [-0.3, -0.25) is 15.0 Å². The lowest BCUT2D eigenvalue weighted by Crippen LogP contribution is -2.58. The zero-order chi connectivity index (χ0) is 21.5. The fraction of sp³-hybridized carbons (Fsp3) is 0.375. The van der Waals surface area contributed by atoms with Crippen molar-refractivity contribution in [3.8, 4) is 11.5 Å². The van der Waals surface area contributed by atoms with Crippen molar-refractivity contribution in [2.24, 2.45) is 0 Å². The first-order chi connectivity index (χ1) is 13.5. The van der Waals surface area contributed by atoms with Gasteiger partial charge in [0.2, 0.25) is 5.91 Å². The topological polar surface area (TPSA) is 166 Å². The quantitative estimate of drug-likeness (QED) is 0.254. The van der Waals surface area contributed by atoms with Crippen molar-refractivity contribution in [2.45, 2.75) is 29.5 Å². The molecule has 5 N–H and O–H groups in total. The van der Waals surface area contributed by atoms with Crippen LogP contribution < -0.4 is 10.9 Å². The molecule has 1 aromatic carbocycles. The minimum absolute atomic E-state index is 0.141. The van der Waals surface area contributed by atoms with E-state index in [4.69, 9.17) is 16.3 Å². The number of ether oxygens (including phenoxy) is 1. The Morgan fingerprint density at radius 3 is 2.62 bits per heavy atom. The van der Waals surface area contributed by atoms with E-state index in [1.54, 1.807) is 6.92 Å². The predicted molar refractivity (Wildman–Crippen MR) is 99.4 cm³/mol. The molecule has 2 aliphatic heterocycles. The van der Waals surface area contributed by atoms with Crippen LogP contribution in [0.15, 0.2) is 12.1 Å². The number of nitrogens with zero attached hydrogens (tertiary/aromatic N) is 1. The number of halogens is 1. The molecule has 0 spiro atoms. The third-order valence-corrected chi connectivity index (χ3v) is 6.35. The molecular formula is C16H16ClN3O8S. The molecule has 0 unspecified atom stereocenters. The van der Waals surface area contributed by atoms with E-state index in [9.17, 15) is 34.5 Å². The summed E-state index contributed by atoms with van der Waals surface area (Å²) in [6, 6.07) is 0.884.